The van der Waals surface area contributed by atoms with E-state index in [1.807, 2.05) is 0 Å². The van der Waals surface area contributed by atoms with E-state index in [-0.39, 0.29) is 0 Å². The zero-order valence-corrected chi connectivity index (χ0v) is 8.47. The average molecular weight is 182 g/mol. The Morgan fingerprint density at radius 2 is 1.77 bits per heavy atom. The smallest absolute Gasteiger partial charge is 0.00792 e. The molecule has 2 nitrogen and oxygen atoms in total. The summed E-state index contributed by atoms with van der Waals surface area (Å²) in [5, 5.41) is 3.64. The minimum Gasteiger partial charge on any atom is -0.327 e. The van der Waals surface area contributed by atoms with Crippen molar-refractivity contribution in [3.05, 3.63) is 0 Å². The molecule has 2 atom stereocenters. The lowest BCUT2D eigenvalue weighted by atomic mass is 9.84. The summed E-state index contributed by atoms with van der Waals surface area (Å²) in [7, 11) is 0. The molecule has 2 heteroatoms. The molecule has 0 bridgehead atoms. The van der Waals surface area contributed by atoms with Gasteiger partial charge in [0.05, 0.1) is 0 Å². The van der Waals surface area contributed by atoms with Gasteiger partial charge in [0.1, 0.15) is 0 Å². The summed E-state index contributed by atoms with van der Waals surface area (Å²) in [6, 6.07) is 1.30. The molecule has 2 saturated carbocycles. The molecule has 0 aromatic heterocycles. The van der Waals surface area contributed by atoms with Crippen LogP contribution in [0.5, 0.6) is 0 Å². The van der Waals surface area contributed by atoms with Crippen LogP contribution in [0.3, 0.4) is 0 Å². The molecule has 2 fully saturated rings. The molecular formula is C11H22N2. The molecule has 0 spiro atoms. The van der Waals surface area contributed by atoms with E-state index in [0.29, 0.717) is 6.04 Å². The van der Waals surface area contributed by atoms with E-state index < -0.39 is 0 Å². The summed E-state index contributed by atoms with van der Waals surface area (Å²) in [5.41, 5.74) is 6.08. The van der Waals surface area contributed by atoms with E-state index in [9.17, 15) is 0 Å². The fourth-order valence-corrected chi connectivity index (χ4v) is 2.42. The minimum absolute atomic E-state index is 0.473. The maximum absolute atomic E-state index is 6.08. The number of hydrogen-bond acceptors (Lipinski definition) is 2. The SMILES string of the molecule is NC1CCCCC1CNC1CCC1. The Balaban J connectivity index is 1.66. The van der Waals surface area contributed by atoms with Crippen LogP contribution in [0.1, 0.15) is 44.9 Å². The summed E-state index contributed by atoms with van der Waals surface area (Å²) in [5.74, 6) is 0.759. The molecule has 0 radical (unpaired) electrons. The third-order valence-electron chi connectivity index (χ3n) is 3.74. The first-order valence-electron chi connectivity index (χ1n) is 5.85. The fraction of sp³-hybridized carbons (Fsp3) is 1.00. The molecule has 2 unspecified atom stereocenters. The van der Waals surface area contributed by atoms with E-state index >= 15 is 0 Å². The van der Waals surface area contributed by atoms with Crippen LogP contribution < -0.4 is 11.1 Å². The van der Waals surface area contributed by atoms with Crippen molar-refractivity contribution in [3.8, 4) is 0 Å². The molecular weight excluding hydrogens is 160 g/mol. The van der Waals surface area contributed by atoms with Gasteiger partial charge in [-0.05, 0) is 38.1 Å². The third-order valence-corrected chi connectivity index (χ3v) is 3.74. The molecule has 2 rings (SSSR count). The van der Waals surface area contributed by atoms with Gasteiger partial charge in [-0.3, -0.25) is 0 Å². The highest BCUT2D eigenvalue weighted by Gasteiger charge is 2.23. The van der Waals surface area contributed by atoms with Gasteiger partial charge in [0.2, 0.25) is 0 Å². The van der Waals surface area contributed by atoms with E-state index in [0.717, 1.165) is 12.0 Å². The zero-order valence-electron chi connectivity index (χ0n) is 8.47. The van der Waals surface area contributed by atoms with Gasteiger partial charge in [-0.2, -0.15) is 0 Å². The Kier molecular flexibility index (Phi) is 3.23. The molecule has 0 amide bonds. The predicted octanol–water partition coefficient (Wildman–Crippen LogP) is 1.65. The molecule has 0 aliphatic heterocycles. The summed E-state index contributed by atoms with van der Waals surface area (Å²) >= 11 is 0. The normalized spacial score (nSPS) is 35.8. The van der Waals surface area contributed by atoms with Crippen LogP contribution in [0.15, 0.2) is 0 Å². The van der Waals surface area contributed by atoms with Crippen LogP contribution in [0.25, 0.3) is 0 Å². The molecule has 3 N–H and O–H groups in total. The Hall–Kier alpha value is -0.0800. The predicted molar refractivity (Wildman–Crippen MR) is 55.6 cm³/mol. The summed E-state index contributed by atoms with van der Waals surface area (Å²) in [4.78, 5) is 0. The Labute approximate surface area is 81.3 Å². The number of nitrogens with two attached hydrogens (primary N) is 1. The Morgan fingerprint density at radius 1 is 1.00 bits per heavy atom. The molecule has 0 heterocycles. The number of rotatable bonds is 3. The highest BCUT2D eigenvalue weighted by molar-refractivity contribution is 4.83. The first-order valence-corrected chi connectivity index (χ1v) is 5.85. The maximum Gasteiger partial charge on any atom is 0.00792 e. The molecule has 0 aromatic rings. The van der Waals surface area contributed by atoms with Crippen molar-refractivity contribution in [2.24, 2.45) is 11.7 Å². The van der Waals surface area contributed by atoms with Crippen molar-refractivity contribution in [2.45, 2.75) is 57.0 Å². The minimum atomic E-state index is 0.473. The Bertz CT molecular complexity index is 154. The van der Waals surface area contributed by atoms with Crippen LogP contribution in [-0.2, 0) is 0 Å². The van der Waals surface area contributed by atoms with Crippen LogP contribution in [0.2, 0.25) is 0 Å². The van der Waals surface area contributed by atoms with Gasteiger partial charge < -0.3 is 11.1 Å². The zero-order chi connectivity index (χ0) is 9.10. The largest absolute Gasteiger partial charge is 0.327 e. The summed E-state index contributed by atoms with van der Waals surface area (Å²) in [6.07, 6.45) is 9.54. The standard InChI is InChI=1S/C11H22N2/c12-11-7-2-1-4-9(11)8-13-10-5-3-6-10/h9-11,13H,1-8,12H2. The van der Waals surface area contributed by atoms with Gasteiger partial charge in [0.25, 0.3) is 0 Å². The van der Waals surface area contributed by atoms with Gasteiger partial charge in [-0.1, -0.05) is 19.3 Å². The van der Waals surface area contributed by atoms with Gasteiger partial charge in [-0.25, -0.2) is 0 Å². The van der Waals surface area contributed by atoms with Crippen LogP contribution >= 0.6 is 0 Å². The lowest BCUT2D eigenvalue weighted by molar-refractivity contribution is 0.257. The van der Waals surface area contributed by atoms with E-state index in [4.69, 9.17) is 5.73 Å². The van der Waals surface area contributed by atoms with E-state index in [1.165, 1.54) is 51.5 Å². The number of nitrogens with one attached hydrogen (secondary N) is 1. The summed E-state index contributed by atoms with van der Waals surface area (Å²) < 4.78 is 0. The third kappa shape index (κ3) is 2.44. The first-order chi connectivity index (χ1) is 6.36. The second-order valence-corrected chi connectivity index (χ2v) is 4.74. The van der Waals surface area contributed by atoms with E-state index in [1.54, 1.807) is 0 Å². The highest BCUT2D eigenvalue weighted by Crippen LogP contribution is 2.24. The highest BCUT2D eigenvalue weighted by atomic mass is 14.9. The van der Waals surface area contributed by atoms with Crippen LogP contribution in [0, 0.1) is 5.92 Å². The van der Waals surface area contributed by atoms with Crippen molar-refractivity contribution in [1.82, 2.24) is 5.32 Å². The maximum atomic E-state index is 6.08. The second kappa shape index (κ2) is 4.43. The summed E-state index contributed by atoms with van der Waals surface area (Å²) in [6.45, 7) is 1.17. The molecule has 76 valence electrons. The van der Waals surface area contributed by atoms with Gasteiger partial charge in [-0.15, -0.1) is 0 Å². The van der Waals surface area contributed by atoms with E-state index in [2.05, 4.69) is 5.32 Å². The van der Waals surface area contributed by atoms with Crippen LogP contribution in [0.4, 0.5) is 0 Å². The van der Waals surface area contributed by atoms with Gasteiger partial charge >= 0.3 is 0 Å². The van der Waals surface area contributed by atoms with Crippen molar-refractivity contribution in [3.63, 3.8) is 0 Å². The van der Waals surface area contributed by atoms with Crippen LogP contribution in [-0.4, -0.2) is 18.6 Å². The molecule has 13 heavy (non-hydrogen) atoms. The quantitative estimate of drug-likeness (QED) is 0.696. The molecule has 0 saturated heterocycles. The van der Waals surface area contributed by atoms with Gasteiger partial charge in [0, 0.05) is 12.1 Å². The average Bonchev–Trinajstić information content (AvgIpc) is 2.05. The second-order valence-electron chi connectivity index (χ2n) is 4.74. The van der Waals surface area contributed by atoms with Crippen molar-refractivity contribution >= 4 is 0 Å². The van der Waals surface area contributed by atoms with Crippen molar-refractivity contribution < 1.29 is 0 Å². The molecule has 2 aliphatic carbocycles. The lowest BCUT2D eigenvalue weighted by Crippen LogP contribution is -2.44. The van der Waals surface area contributed by atoms with Gasteiger partial charge in [0.15, 0.2) is 0 Å². The molecule has 2 aliphatic rings. The monoisotopic (exact) mass is 182 g/mol. The first kappa shape index (κ1) is 9.47. The van der Waals surface area contributed by atoms with Crippen molar-refractivity contribution in [1.29, 1.82) is 0 Å². The lowest BCUT2D eigenvalue weighted by Gasteiger charge is -2.33. The molecule has 0 aromatic carbocycles. The topological polar surface area (TPSA) is 38.0 Å². The fourth-order valence-electron chi connectivity index (χ4n) is 2.42. The number of hydrogen-bond donors (Lipinski definition) is 2. The van der Waals surface area contributed by atoms with Crippen molar-refractivity contribution in [2.75, 3.05) is 6.54 Å². The Morgan fingerprint density at radius 3 is 2.38 bits per heavy atom.